The molecule has 3 fully saturated rings. The number of para-hydroxylation sites is 2. The van der Waals surface area contributed by atoms with Crippen molar-refractivity contribution in [3.63, 3.8) is 0 Å². The molecule has 2 saturated heterocycles. The largest absolute Gasteiger partial charge is 0.457 e. The van der Waals surface area contributed by atoms with E-state index in [1.165, 1.54) is 0 Å². The SMILES string of the molecule is O=CCC12CCC(c3ccccc3Oc3ccccc3)(CC1)OC2. The summed E-state index contributed by atoms with van der Waals surface area (Å²) in [6.07, 6.45) is 5.67. The number of aldehydes is 1. The number of carbonyl (C=O) groups excluding carboxylic acids is 1. The van der Waals surface area contributed by atoms with E-state index in [1.54, 1.807) is 0 Å². The highest BCUT2D eigenvalue weighted by Gasteiger charge is 2.51. The van der Waals surface area contributed by atoms with Crippen LogP contribution in [-0.4, -0.2) is 12.9 Å². The maximum Gasteiger partial charge on any atom is 0.133 e. The third kappa shape index (κ3) is 2.63. The van der Waals surface area contributed by atoms with Crippen LogP contribution >= 0.6 is 0 Å². The van der Waals surface area contributed by atoms with E-state index in [2.05, 4.69) is 6.07 Å². The Balaban J connectivity index is 1.63. The number of rotatable bonds is 5. The fraction of sp³-hybridized carbons (Fsp3) is 0.381. The predicted octanol–water partition coefficient (Wildman–Crippen LogP) is 4.85. The molecule has 2 aliphatic heterocycles. The van der Waals surface area contributed by atoms with Crippen LogP contribution in [0.1, 0.15) is 37.7 Å². The topological polar surface area (TPSA) is 35.5 Å². The average molecular weight is 322 g/mol. The third-order valence-corrected chi connectivity index (χ3v) is 5.64. The van der Waals surface area contributed by atoms with Crippen LogP contribution in [0, 0.1) is 5.41 Å². The molecule has 3 aliphatic rings. The first-order valence-corrected chi connectivity index (χ1v) is 8.65. The summed E-state index contributed by atoms with van der Waals surface area (Å²) >= 11 is 0. The van der Waals surface area contributed by atoms with Gasteiger partial charge in [0.05, 0.1) is 12.2 Å². The average Bonchev–Trinajstić information content (AvgIpc) is 2.65. The monoisotopic (exact) mass is 322 g/mol. The standard InChI is InChI=1S/C21H22O3/c22-15-14-20-10-12-21(13-11-20,23-16-20)18-8-4-5-9-19(18)24-17-6-2-1-3-7-17/h1-9,15H,10-14,16H2. The first-order chi connectivity index (χ1) is 11.8. The molecular formula is C21H22O3. The quantitative estimate of drug-likeness (QED) is 0.738. The number of hydrogen-bond donors (Lipinski definition) is 0. The van der Waals surface area contributed by atoms with Gasteiger partial charge in [-0.3, -0.25) is 0 Å². The van der Waals surface area contributed by atoms with Gasteiger partial charge in [0.1, 0.15) is 17.8 Å². The van der Waals surface area contributed by atoms with E-state index in [9.17, 15) is 4.79 Å². The Morgan fingerprint density at radius 3 is 2.33 bits per heavy atom. The molecule has 0 N–H and O–H groups in total. The Kier molecular flexibility index (Phi) is 3.89. The highest BCUT2D eigenvalue weighted by atomic mass is 16.5. The summed E-state index contributed by atoms with van der Waals surface area (Å²) < 4.78 is 12.5. The van der Waals surface area contributed by atoms with E-state index >= 15 is 0 Å². The highest BCUT2D eigenvalue weighted by Crippen LogP contribution is 2.56. The van der Waals surface area contributed by atoms with Gasteiger partial charge in [0.25, 0.3) is 0 Å². The van der Waals surface area contributed by atoms with Crippen molar-refractivity contribution in [3.8, 4) is 11.5 Å². The number of benzene rings is 2. The van der Waals surface area contributed by atoms with E-state index in [0.29, 0.717) is 13.0 Å². The predicted molar refractivity (Wildman–Crippen MR) is 92.2 cm³/mol. The second-order valence-electron chi connectivity index (χ2n) is 7.07. The van der Waals surface area contributed by atoms with E-state index in [1.807, 2.05) is 48.5 Å². The maximum atomic E-state index is 11.0. The van der Waals surface area contributed by atoms with Gasteiger partial charge in [-0.2, -0.15) is 0 Å². The zero-order valence-electron chi connectivity index (χ0n) is 13.7. The van der Waals surface area contributed by atoms with Crippen LogP contribution in [0.3, 0.4) is 0 Å². The van der Waals surface area contributed by atoms with Crippen molar-refractivity contribution in [1.29, 1.82) is 0 Å². The highest BCUT2D eigenvalue weighted by molar-refractivity contribution is 5.51. The molecule has 3 heteroatoms. The van der Waals surface area contributed by atoms with Crippen LogP contribution in [0.15, 0.2) is 54.6 Å². The Labute approximate surface area is 142 Å². The van der Waals surface area contributed by atoms with E-state index < -0.39 is 0 Å². The summed E-state index contributed by atoms with van der Waals surface area (Å²) in [7, 11) is 0. The molecular weight excluding hydrogens is 300 g/mol. The summed E-state index contributed by atoms with van der Waals surface area (Å²) in [6, 6.07) is 18.0. The smallest absolute Gasteiger partial charge is 0.133 e. The first kappa shape index (κ1) is 15.4. The summed E-state index contributed by atoms with van der Waals surface area (Å²) in [5.41, 5.74) is 0.933. The number of ether oxygens (including phenoxy) is 2. The van der Waals surface area contributed by atoms with E-state index in [-0.39, 0.29) is 11.0 Å². The Bertz CT molecular complexity index is 698. The van der Waals surface area contributed by atoms with Gasteiger partial charge in [-0.05, 0) is 43.9 Å². The summed E-state index contributed by atoms with van der Waals surface area (Å²) in [5, 5.41) is 0. The molecule has 0 radical (unpaired) electrons. The number of carbonyl (C=O) groups is 1. The van der Waals surface area contributed by atoms with Crippen molar-refractivity contribution in [2.24, 2.45) is 5.41 Å². The van der Waals surface area contributed by atoms with Crippen molar-refractivity contribution < 1.29 is 14.3 Å². The van der Waals surface area contributed by atoms with Crippen molar-refractivity contribution in [2.75, 3.05) is 6.61 Å². The summed E-state index contributed by atoms with van der Waals surface area (Å²) in [4.78, 5) is 11.0. The maximum absolute atomic E-state index is 11.0. The van der Waals surface area contributed by atoms with Gasteiger partial charge in [0.2, 0.25) is 0 Å². The Morgan fingerprint density at radius 2 is 1.67 bits per heavy atom. The molecule has 2 aromatic rings. The van der Waals surface area contributed by atoms with E-state index in [0.717, 1.165) is 49.0 Å². The molecule has 0 amide bonds. The number of fused-ring (bicyclic) bond motifs is 3. The Morgan fingerprint density at radius 1 is 0.958 bits per heavy atom. The van der Waals surface area contributed by atoms with Crippen LogP contribution in [0.2, 0.25) is 0 Å². The first-order valence-electron chi connectivity index (χ1n) is 8.65. The molecule has 0 atom stereocenters. The molecule has 2 heterocycles. The van der Waals surface area contributed by atoms with Crippen molar-refractivity contribution in [3.05, 3.63) is 60.2 Å². The molecule has 5 rings (SSSR count). The minimum Gasteiger partial charge on any atom is -0.457 e. The molecule has 3 nitrogen and oxygen atoms in total. The van der Waals surface area contributed by atoms with E-state index in [4.69, 9.17) is 9.47 Å². The summed E-state index contributed by atoms with van der Waals surface area (Å²) in [5.74, 6) is 1.71. The summed E-state index contributed by atoms with van der Waals surface area (Å²) in [6.45, 7) is 0.672. The van der Waals surface area contributed by atoms with Gasteiger partial charge in [-0.15, -0.1) is 0 Å². The molecule has 1 saturated carbocycles. The lowest BCUT2D eigenvalue weighted by Gasteiger charge is -2.53. The molecule has 0 unspecified atom stereocenters. The van der Waals surface area contributed by atoms with Gasteiger partial charge >= 0.3 is 0 Å². The normalized spacial score (nSPS) is 28.5. The van der Waals surface area contributed by atoms with Crippen LogP contribution in [0.4, 0.5) is 0 Å². The molecule has 2 aromatic carbocycles. The minimum absolute atomic E-state index is 0.0682. The van der Waals surface area contributed by atoms with Crippen LogP contribution < -0.4 is 4.74 Å². The van der Waals surface area contributed by atoms with Crippen LogP contribution in [0.5, 0.6) is 11.5 Å². The van der Waals surface area contributed by atoms with Crippen molar-refractivity contribution >= 4 is 6.29 Å². The van der Waals surface area contributed by atoms with Gasteiger partial charge < -0.3 is 14.3 Å². The molecule has 1 aliphatic carbocycles. The minimum atomic E-state index is -0.268. The fourth-order valence-electron chi connectivity index (χ4n) is 4.10. The second-order valence-corrected chi connectivity index (χ2v) is 7.07. The lowest BCUT2D eigenvalue weighted by atomic mass is 9.63. The lowest BCUT2D eigenvalue weighted by Crippen LogP contribution is -2.49. The van der Waals surface area contributed by atoms with Gasteiger partial charge in [0, 0.05) is 17.4 Å². The lowest BCUT2D eigenvalue weighted by molar-refractivity contribution is -0.191. The number of hydrogen-bond acceptors (Lipinski definition) is 3. The van der Waals surface area contributed by atoms with Crippen molar-refractivity contribution in [1.82, 2.24) is 0 Å². The van der Waals surface area contributed by atoms with Crippen LogP contribution in [0.25, 0.3) is 0 Å². The Hall–Kier alpha value is -2.13. The molecule has 0 spiro atoms. The van der Waals surface area contributed by atoms with Crippen LogP contribution in [-0.2, 0) is 15.1 Å². The molecule has 0 aromatic heterocycles. The van der Waals surface area contributed by atoms with Gasteiger partial charge in [0.15, 0.2) is 0 Å². The molecule has 124 valence electrons. The zero-order chi connectivity index (χ0) is 16.5. The van der Waals surface area contributed by atoms with Gasteiger partial charge in [-0.25, -0.2) is 0 Å². The zero-order valence-corrected chi connectivity index (χ0v) is 13.7. The fourth-order valence-corrected chi connectivity index (χ4v) is 4.10. The molecule has 24 heavy (non-hydrogen) atoms. The van der Waals surface area contributed by atoms with Crippen molar-refractivity contribution in [2.45, 2.75) is 37.7 Å². The second kappa shape index (κ2) is 6.06. The van der Waals surface area contributed by atoms with Gasteiger partial charge in [-0.1, -0.05) is 36.4 Å². The third-order valence-electron chi connectivity index (χ3n) is 5.64. The molecule has 2 bridgehead atoms.